The van der Waals surface area contributed by atoms with Crippen LogP contribution in [0.4, 0.5) is 5.69 Å². The molecule has 0 unspecified atom stereocenters. The van der Waals surface area contributed by atoms with Crippen LogP contribution in [0.2, 0.25) is 0 Å². The summed E-state index contributed by atoms with van der Waals surface area (Å²) in [6.07, 6.45) is 4.08. The van der Waals surface area contributed by atoms with Crippen LogP contribution in [0.5, 0.6) is 0 Å². The second kappa shape index (κ2) is 6.31. The van der Waals surface area contributed by atoms with E-state index in [0.717, 1.165) is 36.0 Å². The van der Waals surface area contributed by atoms with Crippen molar-refractivity contribution in [2.24, 2.45) is 0 Å². The Morgan fingerprint density at radius 1 is 1.28 bits per heavy atom. The topological polar surface area (TPSA) is 37.0 Å². The average molecular weight is 259 g/mol. The normalized spacial score (nSPS) is 10.3. The standard InChI is InChI=1S/C14H17N3S/c1-2-3-9-16-14(18)17-13-8-4-7-12-11(13)6-5-10-15-12/h4-8,10H,2-3,9H2,1H3,(H2,16,17,18). The summed E-state index contributed by atoms with van der Waals surface area (Å²) in [6, 6.07) is 9.96. The van der Waals surface area contributed by atoms with Crippen molar-refractivity contribution in [2.75, 3.05) is 11.9 Å². The van der Waals surface area contributed by atoms with Crippen LogP contribution < -0.4 is 10.6 Å². The first-order chi connectivity index (χ1) is 8.81. The number of nitrogens with zero attached hydrogens (tertiary/aromatic N) is 1. The first kappa shape index (κ1) is 12.8. The monoisotopic (exact) mass is 259 g/mol. The number of nitrogens with one attached hydrogen (secondary N) is 2. The highest BCUT2D eigenvalue weighted by molar-refractivity contribution is 7.80. The van der Waals surface area contributed by atoms with Crippen LogP contribution in [0.3, 0.4) is 0 Å². The lowest BCUT2D eigenvalue weighted by Gasteiger charge is -2.11. The summed E-state index contributed by atoms with van der Waals surface area (Å²) in [5, 5.41) is 8.17. The zero-order valence-corrected chi connectivity index (χ0v) is 11.3. The summed E-state index contributed by atoms with van der Waals surface area (Å²) in [5.74, 6) is 0. The molecule has 0 saturated carbocycles. The van der Waals surface area contributed by atoms with Crippen molar-refractivity contribution in [2.45, 2.75) is 19.8 Å². The molecule has 1 aromatic heterocycles. The van der Waals surface area contributed by atoms with Crippen LogP contribution in [-0.2, 0) is 0 Å². The zero-order chi connectivity index (χ0) is 12.8. The van der Waals surface area contributed by atoms with Gasteiger partial charge in [0.2, 0.25) is 0 Å². The Balaban J connectivity index is 2.09. The SMILES string of the molecule is CCCCNC(=S)Nc1cccc2ncccc12. The van der Waals surface area contributed by atoms with Crippen LogP contribution in [0.1, 0.15) is 19.8 Å². The van der Waals surface area contributed by atoms with Gasteiger partial charge in [0.15, 0.2) is 5.11 Å². The molecule has 1 aromatic carbocycles. The van der Waals surface area contributed by atoms with Gasteiger partial charge in [-0.15, -0.1) is 0 Å². The number of aromatic nitrogens is 1. The van der Waals surface area contributed by atoms with Crippen molar-refractivity contribution in [3.63, 3.8) is 0 Å². The quantitative estimate of drug-likeness (QED) is 0.652. The number of rotatable bonds is 4. The van der Waals surface area contributed by atoms with E-state index in [-0.39, 0.29) is 0 Å². The molecule has 0 aliphatic rings. The van der Waals surface area contributed by atoms with Gasteiger partial charge >= 0.3 is 0 Å². The summed E-state index contributed by atoms with van der Waals surface area (Å²) in [5.41, 5.74) is 1.97. The lowest BCUT2D eigenvalue weighted by molar-refractivity contribution is 0.758. The highest BCUT2D eigenvalue weighted by Gasteiger charge is 2.02. The van der Waals surface area contributed by atoms with Gasteiger partial charge in [-0.25, -0.2) is 0 Å². The molecular weight excluding hydrogens is 242 g/mol. The lowest BCUT2D eigenvalue weighted by Crippen LogP contribution is -2.29. The number of hydrogen-bond donors (Lipinski definition) is 2. The molecule has 0 radical (unpaired) electrons. The molecule has 2 aromatic rings. The van der Waals surface area contributed by atoms with E-state index in [4.69, 9.17) is 12.2 Å². The van der Waals surface area contributed by atoms with E-state index in [1.54, 1.807) is 6.20 Å². The molecule has 0 fully saturated rings. The lowest BCUT2D eigenvalue weighted by atomic mass is 10.2. The van der Waals surface area contributed by atoms with Gasteiger partial charge in [-0.2, -0.15) is 0 Å². The molecule has 0 aliphatic carbocycles. The third kappa shape index (κ3) is 3.17. The molecule has 0 spiro atoms. The Bertz CT molecular complexity index is 534. The molecule has 0 aliphatic heterocycles. The second-order valence-electron chi connectivity index (χ2n) is 4.11. The summed E-state index contributed by atoms with van der Waals surface area (Å²) in [6.45, 7) is 3.07. The summed E-state index contributed by atoms with van der Waals surface area (Å²) < 4.78 is 0. The first-order valence-corrected chi connectivity index (χ1v) is 6.60. The van der Waals surface area contributed by atoms with Crippen LogP contribution in [-0.4, -0.2) is 16.6 Å². The van der Waals surface area contributed by atoms with Crippen molar-refractivity contribution in [3.8, 4) is 0 Å². The fourth-order valence-electron chi connectivity index (χ4n) is 1.76. The van der Waals surface area contributed by atoms with E-state index in [0.29, 0.717) is 5.11 Å². The predicted molar refractivity (Wildman–Crippen MR) is 80.9 cm³/mol. The zero-order valence-electron chi connectivity index (χ0n) is 10.4. The number of pyridine rings is 1. The van der Waals surface area contributed by atoms with Gasteiger partial charge in [0.1, 0.15) is 0 Å². The van der Waals surface area contributed by atoms with E-state index in [1.165, 1.54) is 0 Å². The van der Waals surface area contributed by atoms with Gasteiger partial charge in [-0.1, -0.05) is 19.4 Å². The molecule has 2 rings (SSSR count). The van der Waals surface area contributed by atoms with Crippen molar-refractivity contribution in [1.29, 1.82) is 0 Å². The van der Waals surface area contributed by atoms with Gasteiger partial charge in [0, 0.05) is 23.8 Å². The predicted octanol–water partition coefficient (Wildman–Crippen LogP) is 3.32. The Kier molecular flexibility index (Phi) is 4.47. The molecule has 0 atom stereocenters. The Morgan fingerprint density at radius 2 is 2.17 bits per heavy atom. The fourth-order valence-corrected chi connectivity index (χ4v) is 1.97. The molecule has 1 heterocycles. The first-order valence-electron chi connectivity index (χ1n) is 6.20. The Hall–Kier alpha value is -1.68. The number of thiocarbonyl (C=S) groups is 1. The van der Waals surface area contributed by atoms with E-state index in [9.17, 15) is 0 Å². The van der Waals surface area contributed by atoms with Crippen LogP contribution >= 0.6 is 12.2 Å². The molecule has 2 N–H and O–H groups in total. The summed E-state index contributed by atoms with van der Waals surface area (Å²) in [4.78, 5) is 4.32. The number of hydrogen-bond acceptors (Lipinski definition) is 2. The van der Waals surface area contributed by atoms with Crippen LogP contribution in [0.15, 0.2) is 36.5 Å². The van der Waals surface area contributed by atoms with Gasteiger partial charge < -0.3 is 10.6 Å². The summed E-state index contributed by atoms with van der Waals surface area (Å²) in [7, 11) is 0. The van der Waals surface area contributed by atoms with Gasteiger partial charge in [0.05, 0.1) is 5.52 Å². The largest absolute Gasteiger partial charge is 0.362 e. The minimum atomic E-state index is 0.666. The van der Waals surface area contributed by atoms with Crippen molar-refractivity contribution < 1.29 is 0 Å². The van der Waals surface area contributed by atoms with Crippen molar-refractivity contribution in [1.82, 2.24) is 10.3 Å². The van der Waals surface area contributed by atoms with Gasteiger partial charge in [-0.05, 0) is 42.9 Å². The second-order valence-corrected chi connectivity index (χ2v) is 4.52. The minimum Gasteiger partial charge on any atom is -0.362 e. The fraction of sp³-hybridized carbons (Fsp3) is 0.286. The van der Waals surface area contributed by atoms with Crippen molar-refractivity contribution >= 4 is 33.9 Å². The number of anilines is 1. The van der Waals surface area contributed by atoms with E-state index >= 15 is 0 Å². The van der Waals surface area contributed by atoms with E-state index in [1.807, 2.05) is 30.3 Å². The maximum absolute atomic E-state index is 5.27. The molecule has 0 bridgehead atoms. The summed E-state index contributed by atoms with van der Waals surface area (Å²) >= 11 is 5.27. The van der Waals surface area contributed by atoms with Crippen LogP contribution in [0.25, 0.3) is 10.9 Å². The third-order valence-corrected chi connectivity index (χ3v) is 2.96. The number of unbranched alkanes of at least 4 members (excludes halogenated alkanes) is 1. The molecule has 4 heteroatoms. The maximum atomic E-state index is 5.27. The molecular formula is C14H17N3S. The Labute approximate surface area is 113 Å². The van der Waals surface area contributed by atoms with Crippen molar-refractivity contribution in [3.05, 3.63) is 36.5 Å². The van der Waals surface area contributed by atoms with E-state index in [2.05, 4.69) is 22.5 Å². The van der Waals surface area contributed by atoms with E-state index < -0.39 is 0 Å². The molecule has 18 heavy (non-hydrogen) atoms. The highest BCUT2D eigenvalue weighted by atomic mass is 32.1. The molecule has 94 valence electrons. The average Bonchev–Trinajstić information content (AvgIpc) is 2.39. The minimum absolute atomic E-state index is 0.666. The number of benzene rings is 1. The molecule has 0 amide bonds. The molecule has 0 saturated heterocycles. The molecule has 3 nitrogen and oxygen atoms in total. The maximum Gasteiger partial charge on any atom is 0.170 e. The third-order valence-electron chi connectivity index (χ3n) is 2.71. The smallest absolute Gasteiger partial charge is 0.170 e. The van der Waals surface area contributed by atoms with Gasteiger partial charge in [0.25, 0.3) is 0 Å². The van der Waals surface area contributed by atoms with Gasteiger partial charge in [-0.3, -0.25) is 4.98 Å². The Morgan fingerprint density at radius 3 is 3.00 bits per heavy atom. The number of fused-ring (bicyclic) bond motifs is 1. The highest BCUT2D eigenvalue weighted by Crippen LogP contribution is 2.20. The van der Waals surface area contributed by atoms with Crippen LogP contribution in [0, 0.1) is 0 Å².